The number of β-amino-alcohol motifs (C(OH)–C–C–N with tert-alkyl or cyclic N) is 1. The molecule has 39 heavy (non-hydrogen) atoms. The predicted molar refractivity (Wildman–Crippen MR) is 151 cm³/mol. The van der Waals surface area contributed by atoms with Gasteiger partial charge in [0.15, 0.2) is 5.65 Å². The number of fused-ring (bicyclic) bond motifs is 2. The van der Waals surface area contributed by atoms with Crippen molar-refractivity contribution in [2.75, 3.05) is 44.6 Å². The van der Waals surface area contributed by atoms with Gasteiger partial charge in [0.2, 0.25) is 0 Å². The smallest absolute Gasteiger partial charge is 0.255 e. The predicted octanol–water partition coefficient (Wildman–Crippen LogP) is 3.29. The Morgan fingerprint density at radius 2 is 1.97 bits per heavy atom. The Morgan fingerprint density at radius 3 is 2.82 bits per heavy atom. The Balaban J connectivity index is 1.14. The van der Waals surface area contributed by atoms with Crippen LogP contribution < -0.4 is 5.32 Å². The fourth-order valence-corrected chi connectivity index (χ4v) is 5.64. The zero-order valence-electron chi connectivity index (χ0n) is 22.1. The van der Waals surface area contributed by atoms with Crippen LogP contribution in [0.15, 0.2) is 60.9 Å². The summed E-state index contributed by atoms with van der Waals surface area (Å²) < 4.78 is 1.70. The van der Waals surface area contributed by atoms with E-state index in [-0.39, 0.29) is 12.5 Å². The van der Waals surface area contributed by atoms with Gasteiger partial charge in [-0.05, 0) is 78.8 Å². The Morgan fingerprint density at radius 1 is 1.10 bits per heavy atom. The number of aliphatic hydroxyl groups excluding tert-OH is 1. The van der Waals surface area contributed by atoms with Gasteiger partial charge in [-0.2, -0.15) is 5.10 Å². The largest absolute Gasteiger partial charge is 0.395 e. The van der Waals surface area contributed by atoms with Gasteiger partial charge in [0.25, 0.3) is 5.91 Å². The molecule has 1 unspecified atom stereocenters. The van der Waals surface area contributed by atoms with E-state index in [1.54, 1.807) is 16.9 Å². The van der Waals surface area contributed by atoms with Gasteiger partial charge in [-0.25, -0.2) is 9.50 Å². The first-order valence-electron chi connectivity index (χ1n) is 13.5. The van der Waals surface area contributed by atoms with Gasteiger partial charge in [-0.3, -0.25) is 14.6 Å². The van der Waals surface area contributed by atoms with Gasteiger partial charge in [0.1, 0.15) is 5.69 Å². The molecule has 0 spiro atoms. The van der Waals surface area contributed by atoms with Crippen LogP contribution in [0.4, 0.5) is 5.69 Å². The van der Waals surface area contributed by atoms with Crippen LogP contribution in [-0.2, 0) is 6.42 Å². The number of hydrogen-bond donors (Lipinski definition) is 2. The first kappa shape index (κ1) is 25.3. The van der Waals surface area contributed by atoms with E-state index in [2.05, 4.69) is 49.2 Å². The molecule has 0 saturated carbocycles. The molecule has 8 nitrogen and oxygen atoms in total. The average molecular weight is 521 g/mol. The van der Waals surface area contributed by atoms with Crippen LogP contribution in [0.5, 0.6) is 0 Å². The molecule has 0 bridgehead atoms. The zero-order valence-corrected chi connectivity index (χ0v) is 22.1. The van der Waals surface area contributed by atoms with Crippen molar-refractivity contribution in [2.45, 2.75) is 25.8 Å². The molecule has 2 N–H and O–H groups in total. The molecule has 0 radical (unpaired) electrons. The van der Waals surface area contributed by atoms with E-state index in [1.165, 1.54) is 11.1 Å². The van der Waals surface area contributed by atoms with Crippen LogP contribution in [0.3, 0.4) is 0 Å². The number of benzene rings is 2. The van der Waals surface area contributed by atoms with Crippen molar-refractivity contribution >= 4 is 17.2 Å². The molecule has 1 saturated heterocycles. The molecule has 2 aliphatic rings. The maximum atomic E-state index is 13.2. The van der Waals surface area contributed by atoms with Crippen LogP contribution in [0.25, 0.3) is 5.65 Å². The van der Waals surface area contributed by atoms with Gasteiger partial charge in [0, 0.05) is 61.8 Å². The van der Waals surface area contributed by atoms with Crippen LogP contribution in [0, 0.1) is 18.8 Å². The van der Waals surface area contributed by atoms with Gasteiger partial charge in [-0.15, -0.1) is 0 Å². The molecule has 8 heteroatoms. The summed E-state index contributed by atoms with van der Waals surface area (Å²) in [6.07, 6.45) is 5.53. The van der Waals surface area contributed by atoms with Crippen LogP contribution in [-0.4, -0.2) is 74.7 Å². The highest BCUT2D eigenvalue weighted by molar-refractivity contribution is 6.04. The number of carbonyl (C=O) groups excluding carboxylic acids is 1. The van der Waals surface area contributed by atoms with Crippen molar-refractivity contribution in [1.29, 1.82) is 0 Å². The highest BCUT2D eigenvalue weighted by atomic mass is 16.3. The van der Waals surface area contributed by atoms with E-state index in [0.29, 0.717) is 17.3 Å². The fourth-order valence-electron chi connectivity index (χ4n) is 5.64. The molecular formula is C31H32N6O2. The van der Waals surface area contributed by atoms with Crippen molar-refractivity contribution in [3.63, 3.8) is 0 Å². The standard InChI is InChI=1S/C31H32N6O2/c1-22-4-5-25(19-23(22)6-9-27-21-32-30-3-2-12-33-37(27)30)31(39)34-26-8-10-28-24(20-26)7-11-29(28)36-15-13-35(14-16-36)17-18-38/h2-5,8,10,12,19-21,29,38H,7,11,13-18H2,1H3,(H,34,39). The number of piperazine rings is 1. The van der Waals surface area contributed by atoms with Gasteiger partial charge in [0.05, 0.1) is 12.8 Å². The SMILES string of the molecule is Cc1ccc(C(=O)Nc2ccc3c(c2)CCC3N2CCN(CCO)CC2)cc1C#Cc1cnc2cccnn12. The second-order valence-corrected chi connectivity index (χ2v) is 10.2. The number of imidazole rings is 1. The molecular weight excluding hydrogens is 488 g/mol. The third-order valence-corrected chi connectivity index (χ3v) is 7.81. The number of aryl methyl sites for hydroxylation is 2. The summed E-state index contributed by atoms with van der Waals surface area (Å²) in [6, 6.07) is 16.1. The van der Waals surface area contributed by atoms with Crippen molar-refractivity contribution in [2.24, 2.45) is 0 Å². The van der Waals surface area contributed by atoms with Gasteiger partial charge >= 0.3 is 0 Å². The second-order valence-electron chi connectivity index (χ2n) is 10.2. The lowest BCUT2D eigenvalue weighted by atomic mass is 10.0. The number of hydrogen-bond acceptors (Lipinski definition) is 6. The molecule has 1 atom stereocenters. The van der Waals surface area contributed by atoms with Crippen molar-refractivity contribution in [3.8, 4) is 11.8 Å². The maximum absolute atomic E-state index is 13.2. The number of nitrogens with one attached hydrogen (secondary N) is 1. The first-order valence-corrected chi connectivity index (χ1v) is 13.5. The summed E-state index contributed by atoms with van der Waals surface area (Å²) in [7, 11) is 0. The molecule has 4 aromatic rings. The van der Waals surface area contributed by atoms with Gasteiger partial charge in [-0.1, -0.05) is 18.1 Å². The molecule has 1 aliphatic heterocycles. The van der Waals surface area contributed by atoms with E-state index in [0.717, 1.165) is 68.0 Å². The number of carbonyl (C=O) groups is 1. The van der Waals surface area contributed by atoms with Crippen LogP contribution in [0.1, 0.15) is 50.8 Å². The summed E-state index contributed by atoms with van der Waals surface area (Å²) >= 11 is 0. The Hall–Kier alpha value is -4.03. The number of aromatic nitrogens is 3. The lowest BCUT2D eigenvalue weighted by molar-refractivity contribution is 0.0837. The maximum Gasteiger partial charge on any atom is 0.255 e. The first-order chi connectivity index (χ1) is 19.1. The monoisotopic (exact) mass is 520 g/mol. The molecule has 1 fully saturated rings. The average Bonchev–Trinajstić information content (AvgIpc) is 3.57. The summed E-state index contributed by atoms with van der Waals surface area (Å²) in [6.45, 7) is 7.01. The second kappa shape index (κ2) is 11.0. The van der Waals surface area contributed by atoms with E-state index < -0.39 is 0 Å². The third kappa shape index (κ3) is 5.30. The van der Waals surface area contributed by atoms with E-state index >= 15 is 0 Å². The molecule has 1 amide bonds. The topological polar surface area (TPSA) is 86.0 Å². The summed E-state index contributed by atoms with van der Waals surface area (Å²) in [5.74, 6) is 6.19. The minimum Gasteiger partial charge on any atom is -0.395 e. The van der Waals surface area contributed by atoms with Crippen molar-refractivity contribution in [3.05, 3.63) is 94.4 Å². The van der Waals surface area contributed by atoms with Crippen molar-refractivity contribution in [1.82, 2.24) is 24.4 Å². The molecule has 1 aliphatic carbocycles. The number of rotatable bonds is 5. The van der Waals surface area contributed by atoms with E-state index in [4.69, 9.17) is 0 Å². The van der Waals surface area contributed by atoms with Crippen LogP contribution in [0.2, 0.25) is 0 Å². The number of nitrogens with zero attached hydrogens (tertiary/aromatic N) is 5. The van der Waals surface area contributed by atoms with E-state index in [1.807, 2.05) is 43.3 Å². The quantitative estimate of drug-likeness (QED) is 0.393. The molecule has 3 heterocycles. The zero-order chi connectivity index (χ0) is 26.8. The molecule has 6 rings (SSSR count). The highest BCUT2D eigenvalue weighted by Gasteiger charge is 2.30. The Labute approximate surface area is 228 Å². The van der Waals surface area contributed by atoms with Crippen molar-refractivity contribution < 1.29 is 9.90 Å². The lowest BCUT2D eigenvalue weighted by Crippen LogP contribution is -2.47. The number of amides is 1. The number of anilines is 1. The molecule has 198 valence electrons. The highest BCUT2D eigenvalue weighted by Crippen LogP contribution is 2.37. The molecule has 2 aromatic carbocycles. The van der Waals surface area contributed by atoms with Crippen LogP contribution >= 0.6 is 0 Å². The summed E-state index contributed by atoms with van der Waals surface area (Å²) in [5, 5.41) is 16.6. The lowest BCUT2D eigenvalue weighted by Gasteiger charge is -2.38. The summed E-state index contributed by atoms with van der Waals surface area (Å²) in [4.78, 5) is 22.4. The number of aliphatic hydroxyl groups is 1. The minimum absolute atomic E-state index is 0.149. The minimum atomic E-state index is -0.149. The van der Waals surface area contributed by atoms with Gasteiger partial charge < -0.3 is 10.4 Å². The van der Waals surface area contributed by atoms with E-state index in [9.17, 15) is 9.90 Å². The molecule has 2 aromatic heterocycles. The third-order valence-electron chi connectivity index (χ3n) is 7.81. The fraction of sp³-hybridized carbons (Fsp3) is 0.323. The summed E-state index contributed by atoms with van der Waals surface area (Å²) in [5.41, 5.74) is 7.31. The Kier molecular flexibility index (Phi) is 7.12. The Bertz CT molecular complexity index is 1570. The normalized spacial score (nSPS) is 17.5.